The molecular formula is C16H32N4O2. The molecule has 0 radical (unpaired) electrons. The van der Waals surface area contributed by atoms with Crippen molar-refractivity contribution in [1.29, 1.82) is 0 Å². The van der Waals surface area contributed by atoms with Gasteiger partial charge in [-0.1, -0.05) is 20.8 Å². The molecule has 0 unspecified atom stereocenters. The first-order valence-electron chi connectivity index (χ1n) is 7.87. The minimum atomic E-state index is -0.0709. The molecule has 0 aromatic carbocycles. The lowest BCUT2D eigenvalue weighted by Crippen LogP contribution is -2.52. The van der Waals surface area contributed by atoms with Crippen LogP contribution in [0, 0.1) is 10.8 Å². The van der Waals surface area contributed by atoms with Crippen molar-refractivity contribution in [3.8, 4) is 0 Å². The first-order chi connectivity index (χ1) is 9.94. The first-order valence-corrected chi connectivity index (χ1v) is 7.87. The van der Waals surface area contributed by atoms with Crippen LogP contribution < -0.4 is 10.6 Å². The molecule has 0 aromatic rings. The fourth-order valence-electron chi connectivity index (χ4n) is 3.62. The Labute approximate surface area is 134 Å². The van der Waals surface area contributed by atoms with Crippen molar-refractivity contribution >= 4 is 12.1 Å². The highest BCUT2D eigenvalue weighted by Crippen LogP contribution is 2.45. The van der Waals surface area contributed by atoms with E-state index in [-0.39, 0.29) is 28.9 Å². The van der Waals surface area contributed by atoms with Crippen LogP contribution >= 0.6 is 0 Å². The zero-order chi connectivity index (χ0) is 17.1. The summed E-state index contributed by atoms with van der Waals surface area (Å²) in [5.74, 6) is 0. The molecule has 2 N–H and O–H groups in total. The Kier molecular flexibility index (Phi) is 5.70. The molecule has 0 heterocycles. The average molecular weight is 312 g/mol. The van der Waals surface area contributed by atoms with E-state index in [2.05, 4.69) is 31.4 Å². The maximum atomic E-state index is 11.9. The number of amides is 4. The number of nitrogens with one attached hydrogen (secondary N) is 2. The van der Waals surface area contributed by atoms with Gasteiger partial charge in [0.15, 0.2) is 0 Å². The summed E-state index contributed by atoms with van der Waals surface area (Å²) in [7, 11) is 6.98. The van der Waals surface area contributed by atoms with Crippen LogP contribution in [0.3, 0.4) is 0 Å². The Balaban J connectivity index is 2.73. The summed E-state index contributed by atoms with van der Waals surface area (Å²) in [6.07, 6.45) is 2.87. The van der Waals surface area contributed by atoms with E-state index in [4.69, 9.17) is 0 Å². The van der Waals surface area contributed by atoms with Crippen molar-refractivity contribution in [3.05, 3.63) is 0 Å². The number of carbonyl (C=O) groups excluding carboxylic acids is 2. The van der Waals surface area contributed by atoms with Crippen molar-refractivity contribution in [3.63, 3.8) is 0 Å². The molecule has 6 nitrogen and oxygen atoms in total. The topological polar surface area (TPSA) is 64.7 Å². The van der Waals surface area contributed by atoms with Gasteiger partial charge in [0.25, 0.3) is 0 Å². The lowest BCUT2D eigenvalue weighted by Gasteiger charge is -2.47. The maximum Gasteiger partial charge on any atom is 0.317 e. The number of urea groups is 2. The van der Waals surface area contributed by atoms with Crippen molar-refractivity contribution < 1.29 is 9.59 Å². The molecule has 0 spiro atoms. The van der Waals surface area contributed by atoms with E-state index in [0.29, 0.717) is 6.54 Å². The minimum Gasteiger partial charge on any atom is -0.337 e. The number of hydrogen-bond acceptors (Lipinski definition) is 2. The van der Waals surface area contributed by atoms with Crippen molar-refractivity contribution in [2.75, 3.05) is 34.7 Å². The van der Waals surface area contributed by atoms with Gasteiger partial charge in [0.2, 0.25) is 0 Å². The molecule has 4 amide bonds. The summed E-state index contributed by atoms with van der Waals surface area (Å²) in [6.45, 7) is 7.28. The van der Waals surface area contributed by atoms with Crippen molar-refractivity contribution in [2.24, 2.45) is 10.8 Å². The number of nitrogens with zero attached hydrogens (tertiary/aromatic N) is 2. The van der Waals surface area contributed by atoms with Gasteiger partial charge >= 0.3 is 12.1 Å². The quantitative estimate of drug-likeness (QED) is 0.838. The summed E-state index contributed by atoms with van der Waals surface area (Å²) < 4.78 is 0. The Hall–Kier alpha value is -1.46. The second kappa shape index (κ2) is 6.75. The summed E-state index contributed by atoms with van der Waals surface area (Å²) in [5, 5.41) is 6.09. The van der Waals surface area contributed by atoms with Crippen LogP contribution in [0.25, 0.3) is 0 Å². The summed E-state index contributed by atoms with van der Waals surface area (Å²) >= 11 is 0. The third-order valence-electron chi connectivity index (χ3n) is 4.25. The van der Waals surface area contributed by atoms with Crippen LogP contribution in [-0.2, 0) is 0 Å². The Morgan fingerprint density at radius 1 is 1.00 bits per heavy atom. The predicted octanol–water partition coefficient (Wildman–Crippen LogP) is 2.11. The van der Waals surface area contributed by atoms with E-state index in [9.17, 15) is 9.59 Å². The highest BCUT2D eigenvalue weighted by Gasteiger charge is 2.42. The van der Waals surface area contributed by atoms with Crippen molar-refractivity contribution in [1.82, 2.24) is 20.4 Å². The molecule has 0 aliphatic heterocycles. The van der Waals surface area contributed by atoms with E-state index in [1.807, 2.05) is 0 Å². The first kappa shape index (κ1) is 18.6. The normalized spacial score (nSPS) is 27.0. The van der Waals surface area contributed by atoms with Gasteiger partial charge in [-0.3, -0.25) is 0 Å². The second-order valence-corrected chi connectivity index (χ2v) is 8.15. The number of carbonyl (C=O) groups is 2. The minimum absolute atomic E-state index is 0.0162. The van der Waals surface area contributed by atoms with Gasteiger partial charge in [0.1, 0.15) is 0 Å². The monoisotopic (exact) mass is 312 g/mol. The van der Waals surface area contributed by atoms with Gasteiger partial charge < -0.3 is 20.4 Å². The molecular weight excluding hydrogens is 280 g/mol. The van der Waals surface area contributed by atoms with Crippen LogP contribution in [0.15, 0.2) is 0 Å². The largest absolute Gasteiger partial charge is 0.337 e. The maximum absolute atomic E-state index is 11.9. The van der Waals surface area contributed by atoms with E-state index in [0.717, 1.165) is 19.3 Å². The third kappa shape index (κ3) is 5.39. The van der Waals surface area contributed by atoms with Crippen LogP contribution in [0.1, 0.15) is 40.0 Å². The molecule has 22 heavy (non-hydrogen) atoms. The van der Waals surface area contributed by atoms with Crippen LogP contribution in [0.5, 0.6) is 0 Å². The van der Waals surface area contributed by atoms with Gasteiger partial charge in [0.05, 0.1) is 0 Å². The standard InChI is InChI=1S/C16H32N4O2/c1-15(2)8-12(18-14(22)20(6)7)9-16(3,10-15)11-17-13(21)19(4)5/h12H,8-11H2,1-7H3,(H,17,21)(H,18,22)/t12-,16+/m1/s1. The SMILES string of the molecule is CN(C)C(=O)NC[C@@]1(C)C[C@H](NC(=O)N(C)C)CC(C)(C)C1. The highest BCUT2D eigenvalue weighted by atomic mass is 16.2. The molecule has 1 fully saturated rings. The van der Waals surface area contributed by atoms with E-state index in [1.54, 1.807) is 38.0 Å². The molecule has 0 saturated heterocycles. The van der Waals surface area contributed by atoms with E-state index in [1.165, 1.54) is 0 Å². The van der Waals surface area contributed by atoms with Crippen LogP contribution in [0.4, 0.5) is 9.59 Å². The van der Waals surface area contributed by atoms with Gasteiger partial charge in [0, 0.05) is 40.8 Å². The Morgan fingerprint density at radius 3 is 2.05 bits per heavy atom. The molecule has 1 saturated carbocycles. The lowest BCUT2D eigenvalue weighted by molar-refractivity contribution is 0.0724. The molecule has 128 valence electrons. The zero-order valence-corrected chi connectivity index (χ0v) is 15.1. The van der Waals surface area contributed by atoms with Gasteiger partial charge in [-0.25, -0.2) is 9.59 Å². The van der Waals surface area contributed by atoms with Crippen molar-refractivity contribution in [2.45, 2.75) is 46.1 Å². The summed E-state index contributed by atoms with van der Waals surface area (Å²) in [5.41, 5.74) is 0.123. The number of hydrogen-bond donors (Lipinski definition) is 2. The third-order valence-corrected chi connectivity index (χ3v) is 4.25. The predicted molar refractivity (Wildman–Crippen MR) is 88.8 cm³/mol. The molecule has 0 aromatic heterocycles. The molecule has 6 heteroatoms. The fraction of sp³-hybridized carbons (Fsp3) is 0.875. The molecule has 1 aliphatic rings. The lowest BCUT2D eigenvalue weighted by atomic mass is 9.62. The molecule has 1 rings (SSSR count). The summed E-state index contributed by atoms with van der Waals surface area (Å²) in [6, 6.07) is 0.0146. The molecule has 1 aliphatic carbocycles. The highest BCUT2D eigenvalue weighted by molar-refractivity contribution is 5.74. The molecule has 2 atom stereocenters. The molecule has 0 bridgehead atoms. The Morgan fingerprint density at radius 2 is 1.55 bits per heavy atom. The second-order valence-electron chi connectivity index (χ2n) is 8.15. The Bertz CT molecular complexity index is 420. The van der Waals surface area contributed by atoms with Crippen LogP contribution in [0.2, 0.25) is 0 Å². The summed E-state index contributed by atoms with van der Waals surface area (Å²) in [4.78, 5) is 26.8. The van der Waals surface area contributed by atoms with Gasteiger partial charge in [-0.05, 0) is 30.1 Å². The number of rotatable bonds is 3. The van der Waals surface area contributed by atoms with E-state index < -0.39 is 0 Å². The average Bonchev–Trinajstić information content (AvgIpc) is 2.33. The van der Waals surface area contributed by atoms with E-state index >= 15 is 0 Å². The van der Waals surface area contributed by atoms with Crippen LogP contribution in [-0.4, -0.2) is 62.6 Å². The fourth-order valence-corrected chi connectivity index (χ4v) is 3.62. The zero-order valence-electron chi connectivity index (χ0n) is 15.1. The van der Waals surface area contributed by atoms with Gasteiger partial charge in [-0.2, -0.15) is 0 Å². The van der Waals surface area contributed by atoms with Gasteiger partial charge in [-0.15, -0.1) is 0 Å². The smallest absolute Gasteiger partial charge is 0.317 e.